The SMILES string of the molecule is CN(C)c1ccc(/C=C/c2nc3ccc(C#N)cc3s2)cc1. The Morgan fingerprint density at radius 3 is 2.55 bits per heavy atom. The van der Waals surface area contributed by atoms with Gasteiger partial charge in [-0.2, -0.15) is 5.26 Å². The Labute approximate surface area is 133 Å². The maximum Gasteiger partial charge on any atom is 0.117 e. The van der Waals surface area contributed by atoms with Crippen molar-refractivity contribution < 1.29 is 0 Å². The van der Waals surface area contributed by atoms with Crippen molar-refractivity contribution in [3.63, 3.8) is 0 Å². The Morgan fingerprint density at radius 2 is 1.86 bits per heavy atom. The third-order valence-electron chi connectivity index (χ3n) is 3.36. The first-order valence-electron chi connectivity index (χ1n) is 6.92. The van der Waals surface area contributed by atoms with E-state index in [4.69, 9.17) is 5.26 Å². The van der Waals surface area contributed by atoms with E-state index in [1.807, 2.05) is 32.3 Å². The number of thiazole rings is 1. The highest BCUT2D eigenvalue weighted by molar-refractivity contribution is 7.19. The van der Waals surface area contributed by atoms with Crippen LogP contribution in [0.3, 0.4) is 0 Å². The molecule has 1 aromatic heterocycles. The zero-order valence-electron chi connectivity index (χ0n) is 12.4. The molecule has 0 amide bonds. The lowest BCUT2D eigenvalue weighted by atomic mass is 10.2. The number of benzene rings is 2. The van der Waals surface area contributed by atoms with Crippen LogP contribution in [-0.4, -0.2) is 19.1 Å². The summed E-state index contributed by atoms with van der Waals surface area (Å²) in [5, 5.41) is 9.88. The number of rotatable bonds is 3. The van der Waals surface area contributed by atoms with Crippen molar-refractivity contribution in [2.45, 2.75) is 0 Å². The van der Waals surface area contributed by atoms with Gasteiger partial charge in [0, 0.05) is 19.8 Å². The van der Waals surface area contributed by atoms with Crippen LogP contribution >= 0.6 is 11.3 Å². The standard InChI is InChI=1S/C18H15N3S/c1-21(2)15-7-3-13(4-8-15)6-10-18-20-16-9-5-14(12-19)11-17(16)22-18/h3-11H,1-2H3/b10-6+. The molecule has 0 N–H and O–H groups in total. The largest absolute Gasteiger partial charge is 0.378 e. The number of aromatic nitrogens is 1. The topological polar surface area (TPSA) is 39.9 Å². The van der Waals surface area contributed by atoms with Gasteiger partial charge in [-0.1, -0.05) is 18.2 Å². The summed E-state index contributed by atoms with van der Waals surface area (Å²) in [5.74, 6) is 0. The van der Waals surface area contributed by atoms with Gasteiger partial charge in [0.25, 0.3) is 0 Å². The van der Waals surface area contributed by atoms with Crippen LogP contribution in [0.5, 0.6) is 0 Å². The summed E-state index contributed by atoms with van der Waals surface area (Å²) in [5.41, 5.74) is 3.93. The van der Waals surface area contributed by atoms with Crippen molar-refractivity contribution in [3.8, 4) is 6.07 Å². The van der Waals surface area contributed by atoms with Gasteiger partial charge in [0.15, 0.2) is 0 Å². The molecule has 3 nitrogen and oxygen atoms in total. The monoisotopic (exact) mass is 305 g/mol. The second kappa shape index (κ2) is 6.00. The predicted molar refractivity (Wildman–Crippen MR) is 94.0 cm³/mol. The van der Waals surface area contributed by atoms with Crippen LogP contribution < -0.4 is 4.90 Å². The average molecular weight is 305 g/mol. The molecule has 0 atom stereocenters. The molecule has 0 aliphatic heterocycles. The van der Waals surface area contributed by atoms with E-state index in [0.29, 0.717) is 5.56 Å². The minimum absolute atomic E-state index is 0.672. The summed E-state index contributed by atoms with van der Waals surface area (Å²) in [6, 6.07) is 16.1. The molecule has 4 heteroatoms. The number of nitriles is 1. The van der Waals surface area contributed by atoms with Gasteiger partial charge in [0.2, 0.25) is 0 Å². The molecule has 0 aliphatic carbocycles. The van der Waals surface area contributed by atoms with Gasteiger partial charge in [-0.3, -0.25) is 0 Å². The van der Waals surface area contributed by atoms with E-state index >= 15 is 0 Å². The Balaban J connectivity index is 1.84. The van der Waals surface area contributed by atoms with Gasteiger partial charge in [-0.05, 0) is 42.0 Å². The Hall–Kier alpha value is -2.64. The molecule has 1 heterocycles. The van der Waals surface area contributed by atoms with Gasteiger partial charge < -0.3 is 4.90 Å². The van der Waals surface area contributed by atoms with Gasteiger partial charge in [-0.15, -0.1) is 11.3 Å². The highest BCUT2D eigenvalue weighted by Gasteiger charge is 2.02. The zero-order valence-corrected chi connectivity index (χ0v) is 13.3. The molecule has 0 fully saturated rings. The summed E-state index contributed by atoms with van der Waals surface area (Å²) in [6.07, 6.45) is 4.07. The number of fused-ring (bicyclic) bond motifs is 1. The van der Waals surface area contributed by atoms with Crippen LogP contribution in [0, 0.1) is 11.3 Å². The zero-order chi connectivity index (χ0) is 15.5. The highest BCUT2D eigenvalue weighted by Crippen LogP contribution is 2.24. The molecule has 0 bridgehead atoms. The summed E-state index contributed by atoms with van der Waals surface area (Å²) < 4.78 is 1.04. The quantitative estimate of drug-likeness (QED) is 0.720. The predicted octanol–water partition coefficient (Wildman–Crippen LogP) is 4.40. The molecule has 3 aromatic rings. The maximum atomic E-state index is 8.93. The van der Waals surface area contributed by atoms with Crippen molar-refractivity contribution >= 4 is 39.4 Å². The number of hydrogen-bond acceptors (Lipinski definition) is 4. The maximum absolute atomic E-state index is 8.93. The molecule has 22 heavy (non-hydrogen) atoms. The van der Waals surface area contributed by atoms with E-state index in [-0.39, 0.29) is 0 Å². The molecule has 0 aliphatic rings. The molecule has 0 saturated heterocycles. The second-order valence-corrected chi connectivity index (χ2v) is 6.23. The normalized spacial score (nSPS) is 11.0. The van der Waals surface area contributed by atoms with Crippen LogP contribution in [0.1, 0.15) is 16.1 Å². The van der Waals surface area contributed by atoms with E-state index in [1.165, 1.54) is 5.69 Å². The van der Waals surface area contributed by atoms with Crippen LogP contribution in [-0.2, 0) is 0 Å². The molecule has 3 rings (SSSR count). The van der Waals surface area contributed by atoms with Crippen LogP contribution in [0.2, 0.25) is 0 Å². The van der Waals surface area contributed by atoms with Gasteiger partial charge in [0.05, 0.1) is 21.8 Å². The summed E-state index contributed by atoms with van der Waals surface area (Å²) >= 11 is 1.60. The number of hydrogen-bond donors (Lipinski definition) is 0. The van der Waals surface area contributed by atoms with Crippen molar-refractivity contribution in [1.29, 1.82) is 5.26 Å². The van der Waals surface area contributed by atoms with Gasteiger partial charge in [0.1, 0.15) is 5.01 Å². The Morgan fingerprint density at radius 1 is 1.09 bits per heavy atom. The summed E-state index contributed by atoms with van der Waals surface area (Å²) in [7, 11) is 4.06. The molecule has 0 radical (unpaired) electrons. The van der Waals surface area contributed by atoms with Gasteiger partial charge in [-0.25, -0.2) is 4.98 Å². The number of nitrogens with zero attached hydrogens (tertiary/aromatic N) is 3. The van der Waals surface area contributed by atoms with Crippen molar-refractivity contribution in [1.82, 2.24) is 4.98 Å². The lowest BCUT2D eigenvalue weighted by Gasteiger charge is -2.11. The third kappa shape index (κ3) is 3.00. The molecule has 0 unspecified atom stereocenters. The fourth-order valence-corrected chi connectivity index (χ4v) is 3.04. The van der Waals surface area contributed by atoms with Crippen molar-refractivity contribution in [3.05, 3.63) is 58.6 Å². The van der Waals surface area contributed by atoms with Crippen molar-refractivity contribution in [2.75, 3.05) is 19.0 Å². The van der Waals surface area contributed by atoms with E-state index in [1.54, 1.807) is 17.4 Å². The van der Waals surface area contributed by atoms with Crippen LogP contribution in [0.4, 0.5) is 5.69 Å². The fourth-order valence-electron chi connectivity index (χ4n) is 2.13. The molecule has 2 aromatic carbocycles. The second-order valence-electron chi connectivity index (χ2n) is 5.17. The molecular weight excluding hydrogens is 290 g/mol. The summed E-state index contributed by atoms with van der Waals surface area (Å²) in [4.78, 5) is 6.64. The van der Waals surface area contributed by atoms with Crippen LogP contribution in [0.25, 0.3) is 22.4 Å². The Bertz CT molecular complexity index is 867. The molecular formula is C18H15N3S. The Kier molecular flexibility index (Phi) is 3.90. The highest BCUT2D eigenvalue weighted by atomic mass is 32.1. The van der Waals surface area contributed by atoms with E-state index in [9.17, 15) is 0 Å². The lowest BCUT2D eigenvalue weighted by Crippen LogP contribution is -2.07. The molecule has 108 valence electrons. The first-order valence-corrected chi connectivity index (χ1v) is 7.73. The fraction of sp³-hybridized carbons (Fsp3) is 0.111. The van der Waals surface area contributed by atoms with Gasteiger partial charge >= 0.3 is 0 Å². The first-order chi connectivity index (χ1) is 10.7. The molecule has 0 spiro atoms. The number of anilines is 1. The lowest BCUT2D eigenvalue weighted by molar-refractivity contribution is 1.13. The summed E-state index contributed by atoms with van der Waals surface area (Å²) in [6.45, 7) is 0. The van der Waals surface area contributed by atoms with E-state index < -0.39 is 0 Å². The van der Waals surface area contributed by atoms with E-state index in [0.717, 1.165) is 20.8 Å². The van der Waals surface area contributed by atoms with E-state index in [2.05, 4.69) is 46.3 Å². The smallest absolute Gasteiger partial charge is 0.117 e. The molecule has 0 saturated carbocycles. The third-order valence-corrected chi connectivity index (χ3v) is 4.35. The minimum atomic E-state index is 0.672. The van der Waals surface area contributed by atoms with Crippen LogP contribution in [0.15, 0.2) is 42.5 Å². The van der Waals surface area contributed by atoms with Crippen molar-refractivity contribution in [2.24, 2.45) is 0 Å². The average Bonchev–Trinajstić information content (AvgIpc) is 2.95. The minimum Gasteiger partial charge on any atom is -0.378 e. The first kappa shape index (κ1) is 14.3.